The Morgan fingerprint density at radius 3 is 2.79 bits per heavy atom. The fourth-order valence-corrected chi connectivity index (χ4v) is 5.14. The molecule has 148 valence electrons. The number of amidine groups is 1. The van der Waals surface area contributed by atoms with Gasteiger partial charge in [0.1, 0.15) is 5.82 Å². The van der Waals surface area contributed by atoms with Crippen LogP contribution in [0.3, 0.4) is 0 Å². The SMILES string of the molecule is CC1(c2cc([N+](=O)[O-])ccc2F)N=C(NC(=O)c2ccccc2)SC2=CCCC21. The molecule has 2 unspecified atom stereocenters. The molecular formula is C21H18FN3O3S. The minimum absolute atomic E-state index is 0.0959. The fourth-order valence-electron chi connectivity index (χ4n) is 3.85. The quantitative estimate of drug-likeness (QED) is 0.582. The van der Waals surface area contributed by atoms with Crippen LogP contribution in [0.2, 0.25) is 0 Å². The van der Waals surface area contributed by atoms with Gasteiger partial charge in [0.25, 0.3) is 11.6 Å². The molecule has 0 spiro atoms. The van der Waals surface area contributed by atoms with Gasteiger partial charge in [0.2, 0.25) is 0 Å². The Balaban J connectivity index is 1.75. The second kappa shape index (κ2) is 7.44. The number of halogens is 1. The van der Waals surface area contributed by atoms with Crippen LogP contribution in [-0.4, -0.2) is 16.0 Å². The summed E-state index contributed by atoms with van der Waals surface area (Å²) in [7, 11) is 0. The lowest BCUT2D eigenvalue weighted by Crippen LogP contribution is -2.39. The van der Waals surface area contributed by atoms with Gasteiger partial charge in [-0.25, -0.2) is 9.38 Å². The number of nitrogens with zero attached hydrogens (tertiary/aromatic N) is 2. The second-order valence-corrected chi connectivity index (χ2v) is 8.21. The molecule has 1 aliphatic heterocycles. The van der Waals surface area contributed by atoms with Crippen molar-refractivity contribution in [3.05, 3.63) is 86.6 Å². The van der Waals surface area contributed by atoms with Crippen molar-refractivity contribution < 1.29 is 14.1 Å². The Hall–Kier alpha value is -3.00. The maximum Gasteiger partial charge on any atom is 0.270 e. The number of fused-ring (bicyclic) bond motifs is 1. The summed E-state index contributed by atoms with van der Waals surface area (Å²) in [6.07, 6.45) is 3.64. The van der Waals surface area contributed by atoms with Gasteiger partial charge in [-0.2, -0.15) is 0 Å². The molecule has 6 nitrogen and oxygen atoms in total. The molecular weight excluding hydrogens is 393 g/mol. The number of carbonyl (C=O) groups excluding carboxylic acids is 1. The van der Waals surface area contributed by atoms with E-state index < -0.39 is 16.3 Å². The Bertz CT molecular complexity index is 1050. The molecule has 1 heterocycles. The first-order valence-electron chi connectivity index (χ1n) is 9.17. The fraction of sp³-hybridized carbons (Fsp3) is 0.238. The smallest absolute Gasteiger partial charge is 0.270 e. The van der Waals surface area contributed by atoms with Crippen LogP contribution in [0.25, 0.3) is 0 Å². The summed E-state index contributed by atoms with van der Waals surface area (Å²) in [5.74, 6) is -0.953. The first kappa shape index (κ1) is 19.3. The number of hydrogen-bond acceptors (Lipinski definition) is 5. The second-order valence-electron chi connectivity index (χ2n) is 7.14. The zero-order valence-electron chi connectivity index (χ0n) is 15.6. The third kappa shape index (κ3) is 3.55. The van der Waals surface area contributed by atoms with Crippen molar-refractivity contribution in [2.24, 2.45) is 10.9 Å². The van der Waals surface area contributed by atoms with Gasteiger partial charge in [-0.15, -0.1) is 0 Å². The summed E-state index contributed by atoms with van der Waals surface area (Å²) in [5.41, 5.74) is -0.588. The number of benzene rings is 2. The van der Waals surface area contributed by atoms with Crippen molar-refractivity contribution in [3.8, 4) is 0 Å². The maximum atomic E-state index is 14.8. The number of carbonyl (C=O) groups is 1. The van der Waals surface area contributed by atoms with E-state index in [1.807, 2.05) is 6.07 Å². The van der Waals surface area contributed by atoms with Crippen molar-refractivity contribution in [3.63, 3.8) is 0 Å². The lowest BCUT2D eigenvalue weighted by atomic mass is 9.79. The van der Waals surface area contributed by atoms with Gasteiger partial charge in [-0.1, -0.05) is 36.0 Å². The summed E-state index contributed by atoms with van der Waals surface area (Å²) in [6.45, 7) is 1.77. The number of nitro benzene ring substituents is 1. The van der Waals surface area contributed by atoms with Crippen LogP contribution in [0.5, 0.6) is 0 Å². The molecule has 0 saturated carbocycles. The number of non-ortho nitro benzene ring substituents is 1. The summed E-state index contributed by atoms with van der Waals surface area (Å²) in [4.78, 5) is 28.9. The molecule has 4 rings (SSSR count). The van der Waals surface area contributed by atoms with E-state index in [9.17, 15) is 19.3 Å². The third-order valence-corrected chi connectivity index (χ3v) is 6.41. The molecule has 2 atom stereocenters. The van der Waals surface area contributed by atoms with Gasteiger partial charge in [-0.3, -0.25) is 14.9 Å². The first-order chi connectivity index (χ1) is 13.9. The molecule has 0 bridgehead atoms. The van der Waals surface area contributed by atoms with Crippen molar-refractivity contribution in [1.29, 1.82) is 0 Å². The van der Waals surface area contributed by atoms with Gasteiger partial charge >= 0.3 is 0 Å². The van der Waals surface area contributed by atoms with Crippen molar-refractivity contribution >= 4 is 28.5 Å². The molecule has 1 amide bonds. The number of nitro groups is 1. The molecule has 2 aromatic carbocycles. The number of hydrogen-bond donors (Lipinski definition) is 1. The predicted molar refractivity (Wildman–Crippen MR) is 110 cm³/mol. The van der Waals surface area contributed by atoms with E-state index in [0.29, 0.717) is 10.7 Å². The first-order valence-corrected chi connectivity index (χ1v) is 9.99. The highest BCUT2D eigenvalue weighted by Gasteiger charge is 2.46. The largest absolute Gasteiger partial charge is 0.301 e. The van der Waals surface area contributed by atoms with Crippen molar-refractivity contribution in [2.75, 3.05) is 0 Å². The van der Waals surface area contributed by atoms with E-state index in [-0.39, 0.29) is 23.1 Å². The number of thioether (sulfide) groups is 1. The lowest BCUT2D eigenvalue weighted by Gasteiger charge is -2.38. The average Bonchev–Trinajstić information content (AvgIpc) is 3.18. The molecule has 1 N–H and O–H groups in total. The minimum Gasteiger partial charge on any atom is -0.301 e. The molecule has 0 saturated heterocycles. The number of amides is 1. The lowest BCUT2D eigenvalue weighted by molar-refractivity contribution is -0.385. The number of allylic oxidation sites excluding steroid dienone is 1. The molecule has 2 aliphatic rings. The van der Waals surface area contributed by atoms with Crippen LogP contribution >= 0.6 is 11.8 Å². The van der Waals surface area contributed by atoms with E-state index in [1.54, 1.807) is 31.2 Å². The minimum atomic E-state index is -1.05. The van der Waals surface area contributed by atoms with Gasteiger partial charge in [-0.05, 0) is 42.9 Å². The molecule has 1 aliphatic carbocycles. The third-order valence-electron chi connectivity index (χ3n) is 5.33. The monoisotopic (exact) mass is 411 g/mol. The van der Waals surface area contributed by atoms with Crippen LogP contribution in [0.4, 0.5) is 10.1 Å². The van der Waals surface area contributed by atoms with Crippen LogP contribution < -0.4 is 5.32 Å². The molecule has 0 radical (unpaired) electrons. The summed E-state index contributed by atoms with van der Waals surface area (Å²) in [6, 6.07) is 12.2. The molecule has 0 fully saturated rings. The molecule has 29 heavy (non-hydrogen) atoms. The molecule has 8 heteroatoms. The van der Waals surface area contributed by atoms with E-state index in [0.717, 1.165) is 29.9 Å². The van der Waals surface area contributed by atoms with Crippen LogP contribution in [-0.2, 0) is 5.54 Å². The highest BCUT2D eigenvalue weighted by molar-refractivity contribution is 8.17. The predicted octanol–water partition coefficient (Wildman–Crippen LogP) is 4.78. The van der Waals surface area contributed by atoms with Crippen LogP contribution in [0.1, 0.15) is 35.7 Å². The van der Waals surface area contributed by atoms with E-state index >= 15 is 0 Å². The number of nitrogens with one attached hydrogen (secondary N) is 1. The van der Waals surface area contributed by atoms with Crippen LogP contribution in [0.15, 0.2) is 64.5 Å². The maximum absolute atomic E-state index is 14.8. The Morgan fingerprint density at radius 1 is 1.31 bits per heavy atom. The van der Waals surface area contributed by atoms with Crippen molar-refractivity contribution in [2.45, 2.75) is 25.3 Å². The Kier molecular flexibility index (Phi) is 4.96. The summed E-state index contributed by atoms with van der Waals surface area (Å²) < 4.78 is 14.8. The van der Waals surface area contributed by atoms with Gasteiger partial charge in [0.15, 0.2) is 5.17 Å². The molecule has 0 aromatic heterocycles. The average molecular weight is 411 g/mol. The van der Waals surface area contributed by atoms with Crippen LogP contribution in [0, 0.1) is 21.8 Å². The van der Waals surface area contributed by atoms with Gasteiger partial charge < -0.3 is 5.32 Å². The van der Waals surface area contributed by atoms with E-state index in [2.05, 4.69) is 11.4 Å². The standard InChI is InChI=1S/C21H18FN3O3S/c1-21(16-12-14(25(27)28)10-11-17(16)22)15-8-5-9-18(15)29-20(24-21)23-19(26)13-6-3-2-4-7-13/h2-4,6-7,9-12,15H,5,8H2,1H3,(H,23,24,26). The topological polar surface area (TPSA) is 84.6 Å². The van der Waals surface area contributed by atoms with Crippen molar-refractivity contribution in [1.82, 2.24) is 5.32 Å². The number of rotatable bonds is 3. The van der Waals surface area contributed by atoms with Gasteiger partial charge in [0, 0.05) is 29.2 Å². The zero-order valence-corrected chi connectivity index (χ0v) is 16.4. The Morgan fingerprint density at radius 2 is 2.07 bits per heavy atom. The number of aliphatic imine (C=N–C) groups is 1. The highest BCUT2D eigenvalue weighted by atomic mass is 32.2. The van der Waals surface area contributed by atoms with Gasteiger partial charge in [0.05, 0.1) is 10.5 Å². The zero-order chi connectivity index (χ0) is 20.6. The Labute approximate surface area is 171 Å². The summed E-state index contributed by atoms with van der Waals surface area (Å²) >= 11 is 1.36. The normalized spacial score (nSPS) is 23.0. The summed E-state index contributed by atoms with van der Waals surface area (Å²) in [5, 5.41) is 14.4. The van der Waals surface area contributed by atoms with E-state index in [1.165, 1.54) is 17.8 Å². The van der Waals surface area contributed by atoms with E-state index in [4.69, 9.17) is 4.99 Å². The highest BCUT2D eigenvalue weighted by Crippen LogP contribution is 2.52. The molecule has 2 aromatic rings.